The predicted octanol–water partition coefficient (Wildman–Crippen LogP) is 3.62. The minimum absolute atomic E-state index is 0.168. The van der Waals surface area contributed by atoms with Crippen LogP contribution in [0.15, 0.2) is 22.7 Å². The first kappa shape index (κ1) is 16.0. The molecule has 112 valence electrons. The van der Waals surface area contributed by atoms with Gasteiger partial charge in [0.2, 0.25) is 0 Å². The molecular formula is C17H27BrN2. The summed E-state index contributed by atoms with van der Waals surface area (Å²) >= 11 is 3.59. The highest BCUT2D eigenvalue weighted by molar-refractivity contribution is 9.10. The largest absolute Gasteiger partial charge is 0.316 e. The van der Waals surface area contributed by atoms with Crippen molar-refractivity contribution in [2.24, 2.45) is 5.92 Å². The van der Waals surface area contributed by atoms with Crippen LogP contribution in [0.2, 0.25) is 0 Å². The van der Waals surface area contributed by atoms with E-state index in [2.05, 4.69) is 65.5 Å². The number of hydrogen-bond acceptors (Lipinski definition) is 2. The minimum atomic E-state index is 0.168. The van der Waals surface area contributed by atoms with Crippen molar-refractivity contribution in [1.82, 2.24) is 10.6 Å². The van der Waals surface area contributed by atoms with Gasteiger partial charge in [0, 0.05) is 16.4 Å². The molecule has 0 amide bonds. The van der Waals surface area contributed by atoms with Gasteiger partial charge >= 0.3 is 0 Å². The Kier molecular flexibility index (Phi) is 5.65. The lowest BCUT2D eigenvalue weighted by Crippen LogP contribution is -2.34. The fraction of sp³-hybridized carbons (Fsp3) is 0.647. The molecule has 0 saturated carbocycles. The zero-order valence-corrected chi connectivity index (χ0v) is 14.5. The van der Waals surface area contributed by atoms with E-state index in [0.717, 1.165) is 19.0 Å². The van der Waals surface area contributed by atoms with Gasteiger partial charge in [-0.1, -0.05) is 35.8 Å². The molecule has 1 aliphatic rings. The Morgan fingerprint density at radius 1 is 1.40 bits per heavy atom. The predicted molar refractivity (Wildman–Crippen MR) is 90.4 cm³/mol. The van der Waals surface area contributed by atoms with Crippen LogP contribution in [0.25, 0.3) is 0 Å². The van der Waals surface area contributed by atoms with Gasteiger partial charge in [-0.2, -0.15) is 0 Å². The van der Waals surface area contributed by atoms with Crippen LogP contribution in [0.4, 0.5) is 0 Å². The van der Waals surface area contributed by atoms with E-state index in [9.17, 15) is 0 Å². The van der Waals surface area contributed by atoms with Crippen molar-refractivity contribution in [2.75, 3.05) is 26.2 Å². The van der Waals surface area contributed by atoms with E-state index in [1.807, 2.05) is 0 Å². The summed E-state index contributed by atoms with van der Waals surface area (Å²) in [5.41, 5.74) is 2.98. The molecule has 1 heterocycles. The first-order chi connectivity index (χ1) is 9.49. The van der Waals surface area contributed by atoms with Crippen LogP contribution in [0.1, 0.15) is 37.8 Å². The molecule has 1 fully saturated rings. The number of benzene rings is 1. The summed E-state index contributed by atoms with van der Waals surface area (Å²) in [6, 6.07) is 6.58. The van der Waals surface area contributed by atoms with Crippen molar-refractivity contribution in [2.45, 2.75) is 39.0 Å². The molecule has 2 nitrogen and oxygen atoms in total. The van der Waals surface area contributed by atoms with Gasteiger partial charge in [0.05, 0.1) is 0 Å². The molecule has 3 heteroatoms. The third kappa shape index (κ3) is 4.31. The quantitative estimate of drug-likeness (QED) is 0.774. The van der Waals surface area contributed by atoms with Crippen molar-refractivity contribution < 1.29 is 0 Å². The van der Waals surface area contributed by atoms with E-state index in [1.165, 1.54) is 41.5 Å². The van der Waals surface area contributed by atoms with E-state index in [4.69, 9.17) is 0 Å². The molecule has 20 heavy (non-hydrogen) atoms. The zero-order chi connectivity index (χ0) is 14.6. The van der Waals surface area contributed by atoms with Gasteiger partial charge in [-0.05, 0) is 68.6 Å². The van der Waals surface area contributed by atoms with Crippen LogP contribution in [-0.2, 0) is 5.41 Å². The van der Waals surface area contributed by atoms with E-state index < -0.39 is 0 Å². The van der Waals surface area contributed by atoms with Crippen LogP contribution in [-0.4, -0.2) is 26.2 Å². The molecule has 1 saturated heterocycles. The van der Waals surface area contributed by atoms with Crippen molar-refractivity contribution in [3.05, 3.63) is 33.8 Å². The summed E-state index contributed by atoms with van der Waals surface area (Å²) < 4.78 is 1.17. The lowest BCUT2D eigenvalue weighted by molar-refractivity contribution is 0.436. The summed E-state index contributed by atoms with van der Waals surface area (Å²) in [7, 11) is 0. The smallest absolute Gasteiger partial charge is 0.0178 e. The van der Waals surface area contributed by atoms with E-state index in [-0.39, 0.29) is 5.41 Å². The summed E-state index contributed by atoms with van der Waals surface area (Å²) in [6.07, 6.45) is 2.64. The van der Waals surface area contributed by atoms with Crippen LogP contribution < -0.4 is 10.6 Å². The van der Waals surface area contributed by atoms with Crippen LogP contribution in [0.5, 0.6) is 0 Å². The molecule has 1 unspecified atom stereocenters. The second-order valence-electron chi connectivity index (χ2n) is 6.67. The number of nitrogens with one attached hydrogen (secondary N) is 2. The maximum absolute atomic E-state index is 3.65. The highest BCUT2D eigenvalue weighted by Gasteiger charge is 2.22. The number of rotatable bonds is 6. The Morgan fingerprint density at radius 3 is 2.90 bits per heavy atom. The topological polar surface area (TPSA) is 24.1 Å². The summed E-state index contributed by atoms with van der Waals surface area (Å²) in [4.78, 5) is 0. The monoisotopic (exact) mass is 338 g/mol. The van der Waals surface area contributed by atoms with Gasteiger partial charge < -0.3 is 10.6 Å². The second kappa shape index (κ2) is 7.06. The van der Waals surface area contributed by atoms with Gasteiger partial charge in [-0.3, -0.25) is 0 Å². The maximum Gasteiger partial charge on any atom is 0.0178 e. The molecule has 0 aromatic heterocycles. The Morgan fingerprint density at radius 2 is 2.20 bits per heavy atom. The van der Waals surface area contributed by atoms with Crippen LogP contribution in [0.3, 0.4) is 0 Å². The van der Waals surface area contributed by atoms with Gasteiger partial charge in [0.15, 0.2) is 0 Å². The highest BCUT2D eigenvalue weighted by Crippen LogP contribution is 2.28. The van der Waals surface area contributed by atoms with E-state index in [0.29, 0.717) is 0 Å². The third-order valence-electron chi connectivity index (χ3n) is 4.39. The molecule has 1 atom stereocenters. The van der Waals surface area contributed by atoms with Crippen molar-refractivity contribution in [3.63, 3.8) is 0 Å². The Hall–Kier alpha value is -0.380. The van der Waals surface area contributed by atoms with Crippen LogP contribution in [0, 0.1) is 12.8 Å². The molecule has 1 aromatic carbocycles. The maximum atomic E-state index is 3.65. The van der Waals surface area contributed by atoms with E-state index >= 15 is 0 Å². The average Bonchev–Trinajstić information content (AvgIpc) is 2.90. The lowest BCUT2D eigenvalue weighted by Gasteiger charge is -2.28. The molecule has 1 aliphatic heterocycles. The van der Waals surface area contributed by atoms with E-state index in [1.54, 1.807) is 0 Å². The molecule has 1 aromatic rings. The molecule has 2 rings (SSSR count). The number of hydrogen-bond donors (Lipinski definition) is 2. The highest BCUT2D eigenvalue weighted by atomic mass is 79.9. The fourth-order valence-corrected chi connectivity index (χ4v) is 3.45. The van der Waals surface area contributed by atoms with Gasteiger partial charge in [-0.15, -0.1) is 0 Å². The van der Waals surface area contributed by atoms with Gasteiger partial charge in [0.25, 0.3) is 0 Å². The Bertz CT molecular complexity index is 437. The molecule has 2 N–H and O–H groups in total. The second-order valence-corrected chi connectivity index (χ2v) is 7.58. The Balaban J connectivity index is 1.84. The van der Waals surface area contributed by atoms with Gasteiger partial charge in [0.1, 0.15) is 0 Å². The first-order valence-corrected chi connectivity index (χ1v) is 8.46. The fourth-order valence-electron chi connectivity index (χ4n) is 3.09. The minimum Gasteiger partial charge on any atom is -0.316 e. The third-order valence-corrected chi connectivity index (χ3v) is 4.88. The first-order valence-electron chi connectivity index (χ1n) is 7.67. The normalized spacial score (nSPS) is 19.5. The Labute approximate surface area is 131 Å². The summed E-state index contributed by atoms with van der Waals surface area (Å²) in [5.74, 6) is 0.873. The summed E-state index contributed by atoms with van der Waals surface area (Å²) in [5, 5.41) is 7.09. The average molecular weight is 339 g/mol. The number of aryl methyl sites for hydroxylation is 1. The van der Waals surface area contributed by atoms with Crippen molar-refractivity contribution in [3.8, 4) is 0 Å². The lowest BCUT2D eigenvalue weighted by atomic mass is 9.82. The van der Waals surface area contributed by atoms with Gasteiger partial charge in [-0.25, -0.2) is 0 Å². The zero-order valence-electron chi connectivity index (χ0n) is 12.9. The standard InChI is InChI=1S/C17H27BrN2/c1-13-4-5-15(18)10-16(13)17(2,3)12-20-9-7-14-6-8-19-11-14/h4-5,10,14,19-20H,6-9,11-12H2,1-3H3. The molecule has 0 radical (unpaired) electrons. The molecule has 0 bridgehead atoms. The van der Waals surface area contributed by atoms with Crippen molar-refractivity contribution >= 4 is 15.9 Å². The summed E-state index contributed by atoms with van der Waals surface area (Å²) in [6.45, 7) is 11.4. The molecule has 0 spiro atoms. The number of halogens is 1. The van der Waals surface area contributed by atoms with Crippen molar-refractivity contribution in [1.29, 1.82) is 0 Å². The molecular weight excluding hydrogens is 312 g/mol. The molecule has 0 aliphatic carbocycles. The van der Waals surface area contributed by atoms with Crippen LogP contribution >= 0.6 is 15.9 Å². The SMILES string of the molecule is Cc1ccc(Br)cc1C(C)(C)CNCCC1CCNC1.